The van der Waals surface area contributed by atoms with Gasteiger partial charge in [-0.3, -0.25) is 4.79 Å². The van der Waals surface area contributed by atoms with Crippen LogP contribution in [0.2, 0.25) is 0 Å². The topological polar surface area (TPSA) is 56.2 Å². The summed E-state index contributed by atoms with van der Waals surface area (Å²) in [4.78, 5) is 17.0. The molecule has 22 heavy (non-hydrogen) atoms. The Kier molecular flexibility index (Phi) is 3.58. The van der Waals surface area contributed by atoms with Crippen LogP contribution in [0, 0.1) is 0 Å². The Labute approximate surface area is 129 Å². The zero-order valence-corrected chi connectivity index (χ0v) is 12.7. The van der Waals surface area contributed by atoms with Gasteiger partial charge in [-0.1, -0.05) is 19.3 Å². The van der Waals surface area contributed by atoms with Crippen molar-refractivity contribution in [3.63, 3.8) is 0 Å². The van der Waals surface area contributed by atoms with Crippen molar-refractivity contribution in [1.29, 1.82) is 0 Å². The largest absolute Gasteiger partial charge is 0.372 e. The fraction of sp³-hybridized carbons (Fsp3) is 0.529. The number of ether oxygens (including phenoxy) is 1. The number of carbonyl (C=O) groups is 1. The molecule has 1 aliphatic heterocycles. The SMILES string of the molecule is O=C(NC1CCCCC1)c1ccc2c(c1)nc1n2CCOC1. The Morgan fingerprint density at radius 3 is 3.00 bits per heavy atom. The molecule has 2 heterocycles. The maximum Gasteiger partial charge on any atom is 0.251 e. The van der Waals surface area contributed by atoms with Crippen molar-refractivity contribution < 1.29 is 9.53 Å². The summed E-state index contributed by atoms with van der Waals surface area (Å²) < 4.78 is 7.62. The van der Waals surface area contributed by atoms with E-state index in [4.69, 9.17) is 4.74 Å². The number of fused-ring (bicyclic) bond motifs is 3. The predicted molar refractivity (Wildman–Crippen MR) is 83.7 cm³/mol. The van der Waals surface area contributed by atoms with E-state index in [-0.39, 0.29) is 5.91 Å². The molecule has 1 fully saturated rings. The van der Waals surface area contributed by atoms with Crippen LogP contribution in [0.1, 0.15) is 48.3 Å². The average Bonchev–Trinajstić information content (AvgIpc) is 2.93. The summed E-state index contributed by atoms with van der Waals surface area (Å²) in [5.41, 5.74) is 2.68. The maximum absolute atomic E-state index is 12.4. The fourth-order valence-electron chi connectivity index (χ4n) is 3.52. The van der Waals surface area contributed by atoms with Crippen LogP contribution < -0.4 is 5.32 Å². The molecule has 0 saturated heterocycles. The molecule has 1 aromatic heterocycles. The zero-order chi connectivity index (χ0) is 14.9. The summed E-state index contributed by atoms with van der Waals surface area (Å²) in [5, 5.41) is 3.16. The number of hydrogen-bond donors (Lipinski definition) is 1. The monoisotopic (exact) mass is 299 g/mol. The average molecular weight is 299 g/mol. The minimum atomic E-state index is 0.0241. The Bertz CT molecular complexity index is 701. The van der Waals surface area contributed by atoms with Gasteiger partial charge in [0.2, 0.25) is 0 Å². The second-order valence-electron chi connectivity index (χ2n) is 6.24. The van der Waals surface area contributed by atoms with Crippen LogP contribution in [0.25, 0.3) is 11.0 Å². The molecular formula is C17H21N3O2. The van der Waals surface area contributed by atoms with Gasteiger partial charge in [-0.25, -0.2) is 4.98 Å². The number of nitrogens with zero attached hydrogens (tertiary/aromatic N) is 2. The lowest BCUT2D eigenvalue weighted by atomic mass is 9.95. The van der Waals surface area contributed by atoms with Crippen LogP contribution in [0.5, 0.6) is 0 Å². The molecular weight excluding hydrogens is 278 g/mol. The molecule has 5 heteroatoms. The van der Waals surface area contributed by atoms with Gasteiger partial charge in [-0.05, 0) is 31.0 Å². The summed E-state index contributed by atoms with van der Waals surface area (Å²) in [6, 6.07) is 6.15. The molecule has 0 unspecified atom stereocenters. The zero-order valence-electron chi connectivity index (χ0n) is 12.7. The second kappa shape index (κ2) is 5.72. The summed E-state index contributed by atoms with van der Waals surface area (Å²) in [5.74, 6) is 0.974. The molecule has 1 aromatic carbocycles. The van der Waals surface area contributed by atoms with Crippen LogP contribution in [-0.4, -0.2) is 28.1 Å². The van der Waals surface area contributed by atoms with Crippen LogP contribution in [0.4, 0.5) is 0 Å². The van der Waals surface area contributed by atoms with E-state index in [2.05, 4.69) is 14.9 Å². The third-order valence-electron chi connectivity index (χ3n) is 4.72. The van der Waals surface area contributed by atoms with Gasteiger partial charge in [-0.2, -0.15) is 0 Å². The first-order chi connectivity index (χ1) is 10.8. The van der Waals surface area contributed by atoms with Gasteiger partial charge >= 0.3 is 0 Å². The Balaban J connectivity index is 1.57. The van der Waals surface area contributed by atoms with E-state index in [1.54, 1.807) is 0 Å². The third-order valence-corrected chi connectivity index (χ3v) is 4.72. The quantitative estimate of drug-likeness (QED) is 0.927. The molecule has 4 rings (SSSR count). The predicted octanol–water partition coefficient (Wildman–Crippen LogP) is 2.63. The highest BCUT2D eigenvalue weighted by molar-refractivity contribution is 5.97. The van der Waals surface area contributed by atoms with Gasteiger partial charge in [0, 0.05) is 18.2 Å². The molecule has 1 amide bonds. The number of hydrogen-bond acceptors (Lipinski definition) is 3. The fourth-order valence-corrected chi connectivity index (χ4v) is 3.52. The molecule has 1 aliphatic carbocycles. The smallest absolute Gasteiger partial charge is 0.251 e. The number of rotatable bonds is 2. The number of benzene rings is 1. The van der Waals surface area contributed by atoms with E-state index in [0.717, 1.165) is 42.9 Å². The van der Waals surface area contributed by atoms with Crippen LogP contribution in [0.15, 0.2) is 18.2 Å². The second-order valence-corrected chi connectivity index (χ2v) is 6.24. The van der Waals surface area contributed by atoms with Gasteiger partial charge in [0.1, 0.15) is 12.4 Å². The molecule has 2 aromatic rings. The van der Waals surface area contributed by atoms with Crippen LogP contribution in [-0.2, 0) is 17.9 Å². The highest BCUT2D eigenvalue weighted by Crippen LogP contribution is 2.22. The van der Waals surface area contributed by atoms with Crippen molar-refractivity contribution >= 4 is 16.9 Å². The van der Waals surface area contributed by atoms with Gasteiger partial charge in [0.15, 0.2) is 0 Å². The summed E-state index contributed by atoms with van der Waals surface area (Å²) >= 11 is 0. The van der Waals surface area contributed by atoms with E-state index in [1.165, 1.54) is 19.3 Å². The van der Waals surface area contributed by atoms with Gasteiger partial charge in [0.25, 0.3) is 5.91 Å². The van der Waals surface area contributed by atoms with E-state index < -0.39 is 0 Å². The Hall–Kier alpha value is -1.88. The lowest BCUT2D eigenvalue weighted by molar-refractivity contribution is 0.0830. The highest BCUT2D eigenvalue weighted by atomic mass is 16.5. The number of nitrogens with one attached hydrogen (secondary N) is 1. The number of carbonyl (C=O) groups excluding carboxylic acids is 1. The van der Waals surface area contributed by atoms with Crippen LogP contribution in [0.3, 0.4) is 0 Å². The van der Waals surface area contributed by atoms with Gasteiger partial charge in [-0.15, -0.1) is 0 Å². The molecule has 1 N–H and O–H groups in total. The van der Waals surface area contributed by atoms with Gasteiger partial charge in [0.05, 0.1) is 17.6 Å². The first-order valence-corrected chi connectivity index (χ1v) is 8.19. The van der Waals surface area contributed by atoms with E-state index in [9.17, 15) is 4.79 Å². The highest BCUT2D eigenvalue weighted by Gasteiger charge is 2.19. The van der Waals surface area contributed by atoms with E-state index in [1.807, 2.05) is 18.2 Å². The number of aromatic nitrogens is 2. The number of imidazole rings is 1. The van der Waals surface area contributed by atoms with Gasteiger partial charge < -0.3 is 14.6 Å². The molecule has 0 radical (unpaired) electrons. The van der Waals surface area contributed by atoms with Crippen LogP contribution >= 0.6 is 0 Å². The molecule has 1 saturated carbocycles. The first-order valence-electron chi connectivity index (χ1n) is 8.19. The Morgan fingerprint density at radius 1 is 1.27 bits per heavy atom. The maximum atomic E-state index is 12.4. The van der Waals surface area contributed by atoms with Crippen molar-refractivity contribution in [1.82, 2.24) is 14.9 Å². The summed E-state index contributed by atoms with van der Waals surface area (Å²) in [7, 11) is 0. The van der Waals surface area contributed by atoms with Crippen molar-refractivity contribution in [3.8, 4) is 0 Å². The molecule has 0 atom stereocenters. The lowest BCUT2D eigenvalue weighted by Crippen LogP contribution is -2.36. The Morgan fingerprint density at radius 2 is 2.14 bits per heavy atom. The lowest BCUT2D eigenvalue weighted by Gasteiger charge is -2.22. The molecule has 2 aliphatic rings. The normalized spacial score (nSPS) is 19.1. The van der Waals surface area contributed by atoms with Crippen molar-refractivity contribution in [2.45, 2.75) is 51.3 Å². The van der Waals surface area contributed by atoms with Crippen molar-refractivity contribution in [2.24, 2.45) is 0 Å². The minimum absolute atomic E-state index is 0.0241. The molecule has 0 spiro atoms. The summed E-state index contributed by atoms with van der Waals surface area (Å²) in [6.07, 6.45) is 5.93. The molecule has 5 nitrogen and oxygen atoms in total. The molecule has 0 bridgehead atoms. The number of amides is 1. The minimum Gasteiger partial charge on any atom is -0.372 e. The standard InChI is InChI=1S/C17H21N3O2/c21-17(18-13-4-2-1-3-5-13)12-6-7-15-14(10-12)19-16-11-22-9-8-20(15)16/h6-7,10,13H,1-5,8-9,11H2,(H,18,21). The van der Waals surface area contributed by atoms with Crippen molar-refractivity contribution in [3.05, 3.63) is 29.6 Å². The first kappa shape index (κ1) is 13.8. The van der Waals surface area contributed by atoms with E-state index >= 15 is 0 Å². The van der Waals surface area contributed by atoms with Crippen molar-refractivity contribution in [2.75, 3.05) is 6.61 Å². The van der Waals surface area contributed by atoms with E-state index in [0.29, 0.717) is 18.2 Å². The molecule has 116 valence electrons. The summed E-state index contributed by atoms with van der Waals surface area (Å²) in [6.45, 7) is 2.11. The third kappa shape index (κ3) is 2.50.